The van der Waals surface area contributed by atoms with Crippen molar-refractivity contribution >= 4 is 43.2 Å². The van der Waals surface area contributed by atoms with E-state index >= 15 is 0 Å². The maximum atomic E-state index is 13.7. The molecule has 6 atom stereocenters. The number of anilines is 1. The molecule has 1 saturated carbocycles. The number of fused-ring (bicyclic) bond motifs is 4. The highest BCUT2D eigenvalue weighted by Crippen LogP contribution is 2.47. The van der Waals surface area contributed by atoms with Gasteiger partial charge in [-0.2, -0.15) is 4.31 Å². The fourth-order valence-electron chi connectivity index (χ4n) is 9.42. The molecule has 4 heterocycles. The summed E-state index contributed by atoms with van der Waals surface area (Å²) >= 11 is 6.41. The Kier molecular flexibility index (Phi) is 12.5. The van der Waals surface area contributed by atoms with Crippen molar-refractivity contribution in [2.75, 3.05) is 77.2 Å². The molecular formula is C41H58ClN5O7S2. The van der Waals surface area contributed by atoms with Gasteiger partial charge < -0.3 is 14.4 Å². The van der Waals surface area contributed by atoms with Gasteiger partial charge in [-0.1, -0.05) is 36.7 Å². The van der Waals surface area contributed by atoms with Crippen LogP contribution < -0.4 is 14.4 Å². The van der Waals surface area contributed by atoms with Crippen LogP contribution in [0, 0.1) is 17.8 Å². The van der Waals surface area contributed by atoms with Crippen molar-refractivity contribution in [2.24, 2.45) is 17.8 Å². The van der Waals surface area contributed by atoms with Crippen molar-refractivity contribution in [3.63, 3.8) is 0 Å². The Morgan fingerprint density at radius 1 is 0.982 bits per heavy atom. The summed E-state index contributed by atoms with van der Waals surface area (Å²) in [5.74, 6) is 0.148. The first-order chi connectivity index (χ1) is 26.7. The molecule has 2 bridgehead atoms. The van der Waals surface area contributed by atoms with Crippen LogP contribution in [0.3, 0.4) is 0 Å². The van der Waals surface area contributed by atoms with E-state index in [9.17, 15) is 21.6 Å². The lowest BCUT2D eigenvalue weighted by Crippen LogP contribution is -2.65. The van der Waals surface area contributed by atoms with Crippen LogP contribution in [-0.2, 0) is 37.8 Å². The average molecular weight is 833 g/mol. The Morgan fingerprint density at radius 3 is 2.54 bits per heavy atom. The fourth-order valence-corrected chi connectivity index (χ4v) is 11.8. The first-order valence-corrected chi connectivity index (χ1v) is 23.9. The quantitative estimate of drug-likeness (QED) is 0.431. The molecule has 1 N–H and O–H groups in total. The highest BCUT2D eigenvalue weighted by molar-refractivity contribution is 7.90. The number of nitrogens with one attached hydrogen (secondary N) is 1. The third kappa shape index (κ3) is 8.96. The highest BCUT2D eigenvalue weighted by Gasteiger charge is 2.49. The van der Waals surface area contributed by atoms with Crippen LogP contribution in [0.25, 0.3) is 0 Å². The van der Waals surface area contributed by atoms with E-state index in [2.05, 4.69) is 31.6 Å². The molecular weight excluding hydrogens is 774 g/mol. The lowest BCUT2D eigenvalue weighted by molar-refractivity contribution is -0.101. The number of halogens is 1. The Balaban J connectivity index is 1.23. The van der Waals surface area contributed by atoms with Crippen molar-refractivity contribution < 1.29 is 31.1 Å². The molecule has 2 aromatic rings. The zero-order valence-electron chi connectivity index (χ0n) is 33.2. The van der Waals surface area contributed by atoms with E-state index in [-0.39, 0.29) is 29.4 Å². The number of sulfonamides is 2. The molecule has 308 valence electrons. The van der Waals surface area contributed by atoms with Crippen LogP contribution in [0.2, 0.25) is 5.02 Å². The van der Waals surface area contributed by atoms with Crippen molar-refractivity contribution in [1.29, 1.82) is 0 Å². The van der Waals surface area contributed by atoms with Crippen molar-refractivity contribution in [2.45, 2.75) is 75.9 Å². The predicted octanol–water partition coefficient (Wildman–Crippen LogP) is 4.78. The molecule has 3 fully saturated rings. The lowest BCUT2D eigenvalue weighted by Gasteiger charge is -2.53. The molecule has 2 saturated heterocycles. The number of carbonyl (C=O) groups is 1. The molecule has 0 spiro atoms. The van der Waals surface area contributed by atoms with Crippen LogP contribution in [-0.4, -0.2) is 126 Å². The Labute approximate surface area is 338 Å². The normalized spacial score (nSPS) is 31.6. The minimum atomic E-state index is -4.01. The number of ether oxygens (including phenoxy) is 2. The zero-order valence-corrected chi connectivity index (χ0v) is 35.5. The topological polar surface area (TPSA) is 129 Å². The first kappa shape index (κ1) is 41.4. The number of hydrogen-bond donors (Lipinski definition) is 1. The number of piperazine rings is 2. The summed E-state index contributed by atoms with van der Waals surface area (Å²) in [6.45, 7) is 10.2. The van der Waals surface area contributed by atoms with E-state index < -0.39 is 36.8 Å². The Hall–Kier alpha value is -2.72. The van der Waals surface area contributed by atoms with E-state index in [0.717, 1.165) is 88.2 Å². The summed E-state index contributed by atoms with van der Waals surface area (Å²) in [4.78, 5) is 20.8. The van der Waals surface area contributed by atoms with Gasteiger partial charge in [-0.15, -0.1) is 0 Å². The van der Waals surface area contributed by atoms with Gasteiger partial charge >= 0.3 is 0 Å². The maximum absolute atomic E-state index is 13.7. The fraction of sp³-hybridized carbons (Fsp3) is 0.634. The van der Waals surface area contributed by atoms with Gasteiger partial charge in [0.2, 0.25) is 20.0 Å². The number of benzene rings is 2. The van der Waals surface area contributed by atoms with Crippen molar-refractivity contribution in [3.8, 4) is 5.75 Å². The second kappa shape index (κ2) is 16.9. The average Bonchev–Trinajstić information content (AvgIpc) is 3.18. The first-order valence-electron chi connectivity index (χ1n) is 20.1. The molecule has 0 radical (unpaired) electrons. The van der Waals surface area contributed by atoms with Crippen LogP contribution in [0.1, 0.15) is 67.4 Å². The molecule has 2 aromatic carbocycles. The zero-order chi connectivity index (χ0) is 39.8. The monoisotopic (exact) mass is 831 g/mol. The second-order valence-corrected chi connectivity index (χ2v) is 21.2. The number of hydrogen-bond acceptors (Lipinski definition) is 10. The lowest BCUT2D eigenvalue weighted by atomic mass is 9.63. The summed E-state index contributed by atoms with van der Waals surface area (Å²) in [7, 11) is -5.50. The molecule has 0 unspecified atom stereocenters. The van der Waals surface area contributed by atoms with Gasteiger partial charge in [-0.05, 0) is 105 Å². The number of nitrogens with zero attached hydrogens (tertiary/aromatic N) is 4. The number of carbonyl (C=O) groups excluding carboxylic acids is 1. The summed E-state index contributed by atoms with van der Waals surface area (Å²) in [6, 6.07) is 11.2. The number of allylic oxidation sites excluding steroid dienone is 1. The summed E-state index contributed by atoms with van der Waals surface area (Å²) < 4.78 is 69.5. The van der Waals surface area contributed by atoms with Crippen LogP contribution >= 0.6 is 11.6 Å². The van der Waals surface area contributed by atoms with E-state index in [1.807, 2.05) is 25.1 Å². The Bertz CT molecular complexity index is 2020. The molecule has 7 rings (SSSR count). The standard InChI is InChI=1S/C41H58ClN5O7S2/c1-29-8-7-16-41(53-3,28-44-18-19-45-20-21-47(55(4,49)50)26-36(45)25-44)37-14-11-33(37)24-46-17-6-5-9-31-22-35(42)13-10-34(31)27-54-39-15-12-32(23-38(39)46)40(48)43-56(51,52)30(29)2/h7,10,12-13,15-16,22-23,29-30,33,36-37H,5-6,8-9,11,14,17-21,24-28H2,1-4H3,(H,43,48)/b16-7+/t29-,30+,33-,36+,37+,41-/m0/s1. The number of amides is 1. The Morgan fingerprint density at radius 2 is 1.79 bits per heavy atom. The molecule has 1 aliphatic carbocycles. The molecule has 56 heavy (non-hydrogen) atoms. The molecule has 12 nitrogen and oxygen atoms in total. The smallest absolute Gasteiger partial charge is 0.264 e. The molecule has 5 aliphatic rings. The van der Waals surface area contributed by atoms with Crippen molar-refractivity contribution in [1.82, 2.24) is 18.8 Å². The third-order valence-electron chi connectivity index (χ3n) is 13.2. The second-order valence-electron chi connectivity index (χ2n) is 16.7. The summed E-state index contributed by atoms with van der Waals surface area (Å²) in [6.07, 6.45) is 10.8. The number of methoxy groups -OCH3 is 1. The van der Waals surface area contributed by atoms with E-state index in [4.69, 9.17) is 21.1 Å². The summed E-state index contributed by atoms with van der Waals surface area (Å²) in [5.41, 5.74) is 2.61. The van der Waals surface area contributed by atoms with Gasteiger partial charge in [0.1, 0.15) is 18.0 Å². The van der Waals surface area contributed by atoms with Gasteiger partial charge in [0.05, 0.1) is 17.2 Å². The van der Waals surface area contributed by atoms with Gasteiger partial charge in [-0.3, -0.25) is 14.6 Å². The maximum Gasteiger partial charge on any atom is 0.264 e. The summed E-state index contributed by atoms with van der Waals surface area (Å²) in [5, 5.41) is -0.134. The predicted molar refractivity (Wildman–Crippen MR) is 220 cm³/mol. The molecule has 1 amide bonds. The van der Waals surface area contributed by atoms with E-state index in [1.54, 1.807) is 36.5 Å². The highest BCUT2D eigenvalue weighted by atomic mass is 35.5. The SMILES string of the molecule is CO[C@]1(CN2CCN3CCN(S(C)(=O)=O)C[C@H]3C2)/C=C/C[C@H](C)[C@@H](C)S(=O)(=O)NC(=O)c2ccc3c(c2)N(CCCCc2cc(Cl)ccc2CO3)C[C@@H]2CC[C@H]21. The van der Waals surface area contributed by atoms with Crippen LogP contribution in [0.15, 0.2) is 48.6 Å². The molecule has 4 aliphatic heterocycles. The van der Waals surface area contributed by atoms with Gasteiger partial charge in [-0.25, -0.2) is 21.6 Å². The molecule has 0 aromatic heterocycles. The minimum absolute atomic E-state index is 0.0979. The largest absolute Gasteiger partial charge is 0.487 e. The van der Waals surface area contributed by atoms with Crippen LogP contribution in [0.5, 0.6) is 5.75 Å². The van der Waals surface area contributed by atoms with Gasteiger partial charge in [0, 0.05) is 82.6 Å². The third-order valence-corrected chi connectivity index (χ3v) is 16.6. The van der Waals surface area contributed by atoms with E-state index in [0.29, 0.717) is 43.4 Å². The molecule has 15 heteroatoms. The van der Waals surface area contributed by atoms with Crippen molar-refractivity contribution in [3.05, 3.63) is 70.3 Å². The van der Waals surface area contributed by atoms with Gasteiger partial charge in [0.15, 0.2) is 0 Å². The number of aryl methyl sites for hydroxylation is 1. The van der Waals surface area contributed by atoms with Crippen LogP contribution in [0.4, 0.5) is 5.69 Å². The number of rotatable bonds is 4. The minimum Gasteiger partial charge on any atom is -0.487 e. The van der Waals surface area contributed by atoms with Gasteiger partial charge in [0.25, 0.3) is 5.91 Å². The van der Waals surface area contributed by atoms with E-state index in [1.165, 1.54) is 6.26 Å².